The molecule has 1 unspecified atom stereocenters. The number of carbonyl (C=O) groups is 3. The maximum absolute atomic E-state index is 13.0. The van der Waals surface area contributed by atoms with Crippen molar-refractivity contribution < 1.29 is 24.2 Å². The summed E-state index contributed by atoms with van der Waals surface area (Å²) in [5.74, 6) is -1.18. The van der Waals surface area contributed by atoms with Gasteiger partial charge in [-0.1, -0.05) is 120 Å². The van der Waals surface area contributed by atoms with Gasteiger partial charge < -0.3 is 14.7 Å². The van der Waals surface area contributed by atoms with Gasteiger partial charge in [0.05, 0.1) is 5.92 Å². The minimum absolute atomic E-state index is 0.0299. The quantitative estimate of drug-likeness (QED) is 0.152. The molecule has 1 aliphatic heterocycles. The van der Waals surface area contributed by atoms with Gasteiger partial charge in [-0.2, -0.15) is 0 Å². The van der Waals surface area contributed by atoms with Gasteiger partial charge in [0.25, 0.3) is 5.91 Å². The summed E-state index contributed by atoms with van der Waals surface area (Å²) >= 11 is 0. The van der Waals surface area contributed by atoms with E-state index in [1.54, 1.807) is 12.1 Å². The van der Waals surface area contributed by atoms with Crippen molar-refractivity contribution in [3.05, 3.63) is 125 Å². The molecule has 0 bridgehead atoms. The van der Waals surface area contributed by atoms with Crippen LogP contribution in [-0.4, -0.2) is 40.8 Å². The van der Waals surface area contributed by atoms with Crippen LogP contribution in [0.2, 0.25) is 0 Å². The lowest BCUT2D eigenvalue weighted by molar-refractivity contribution is -0.141. The number of nitrogens with zero attached hydrogens (tertiary/aromatic N) is 1. The van der Waals surface area contributed by atoms with E-state index in [4.69, 9.17) is 4.74 Å². The number of carboxylic acid groups (broad SMARTS) is 1. The number of ether oxygens (including phenoxy) is 1. The third-order valence-electron chi connectivity index (χ3n) is 8.02. The van der Waals surface area contributed by atoms with Crippen LogP contribution < -0.4 is 4.74 Å². The molecule has 1 amide bonds. The smallest absolute Gasteiger partial charge is 0.306 e. The highest BCUT2D eigenvalue weighted by Crippen LogP contribution is 2.25. The molecule has 6 heteroatoms. The SMILES string of the molecule is CC.CC.CC.O=C(CC(CCc1cccc(C(=O)N2CCCCC2)c1)C(=O)O)c1ccc(-c2ccc(OCc3ccccc3)cc2)cc1. The fourth-order valence-corrected chi connectivity index (χ4v) is 5.47. The molecule has 1 fully saturated rings. The second-order valence-electron chi connectivity index (χ2n) is 11.1. The van der Waals surface area contributed by atoms with Crippen LogP contribution in [-0.2, 0) is 17.8 Å². The summed E-state index contributed by atoms with van der Waals surface area (Å²) in [5, 5.41) is 9.85. The van der Waals surface area contributed by atoms with Crippen molar-refractivity contribution in [2.75, 3.05) is 13.1 Å². The third-order valence-corrected chi connectivity index (χ3v) is 8.02. The monoisotopic (exact) mass is 665 g/mol. The Kier molecular flexibility index (Phi) is 18.8. The Balaban J connectivity index is 0.00000132. The van der Waals surface area contributed by atoms with Crippen LogP contribution in [0, 0.1) is 5.92 Å². The third kappa shape index (κ3) is 13.0. The van der Waals surface area contributed by atoms with Gasteiger partial charge in [-0.05, 0) is 78.6 Å². The van der Waals surface area contributed by atoms with Gasteiger partial charge in [-0.3, -0.25) is 14.4 Å². The number of rotatable bonds is 12. The molecule has 1 saturated heterocycles. The first kappa shape index (κ1) is 40.5. The van der Waals surface area contributed by atoms with Crippen LogP contribution in [0.4, 0.5) is 0 Å². The van der Waals surface area contributed by atoms with Crippen molar-refractivity contribution in [1.29, 1.82) is 0 Å². The van der Waals surface area contributed by atoms with E-state index in [0.717, 1.165) is 60.4 Å². The summed E-state index contributed by atoms with van der Waals surface area (Å²) < 4.78 is 5.87. The van der Waals surface area contributed by atoms with Gasteiger partial charge in [0, 0.05) is 30.6 Å². The average molecular weight is 666 g/mol. The lowest BCUT2D eigenvalue weighted by Gasteiger charge is -2.26. The Morgan fingerprint density at radius 2 is 1.24 bits per heavy atom. The number of likely N-dealkylation sites (tertiary alicyclic amines) is 1. The number of amides is 1. The topological polar surface area (TPSA) is 83.9 Å². The van der Waals surface area contributed by atoms with Crippen molar-refractivity contribution in [3.8, 4) is 16.9 Å². The Morgan fingerprint density at radius 1 is 0.673 bits per heavy atom. The number of ketones is 1. The van der Waals surface area contributed by atoms with E-state index in [0.29, 0.717) is 30.6 Å². The number of Topliss-reactive ketones (excluding diaryl/α,β-unsaturated/α-hetero) is 1. The van der Waals surface area contributed by atoms with E-state index in [2.05, 4.69) is 0 Å². The molecule has 1 heterocycles. The highest BCUT2D eigenvalue weighted by atomic mass is 16.5. The van der Waals surface area contributed by atoms with E-state index >= 15 is 0 Å². The minimum Gasteiger partial charge on any atom is -0.489 e. The second-order valence-corrected chi connectivity index (χ2v) is 11.1. The first-order valence-electron chi connectivity index (χ1n) is 18.0. The summed E-state index contributed by atoms with van der Waals surface area (Å²) in [7, 11) is 0. The number of carboxylic acids is 1. The van der Waals surface area contributed by atoms with Crippen molar-refractivity contribution >= 4 is 17.7 Å². The van der Waals surface area contributed by atoms with E-state index in [-0.39, 0.29) is 18.1 Å². The van der Waals surface area contributed by atoms with Crippen LogP contribution in [0.3, 0.4) is 0 Å². The highest BCUT2D eigenvalue weighted by molar-refractivity contribution is 5.98. The molecule has 0 aliphatic carbocycles. The summed E-state index contributed by atoms with van der Waals surface area (Å²) in [6.45, 7) is 14.1. The van der Waals surface area contributed by atoms with Crippen LogP contribution >= 0.6 is 0 Å². The van der Waals surface area contributed by atoms with Crippen LogP contribution in [0.1, 0.15) is 105 Å². The predicted octanol–water partition coefficient (Wildman–Crippen LogP) is 10.5. The molecular formula is C43H55NO5. The van der Waals surface area contributed by atoms with E-state index in [1.165, 1.54) is 0 Å². The molecule has 4 aromatic rings. The number of aliphatic carboxylic acids is 1. The Labute approximate surface area is 294 Å². The molecule has 0 aromatic heterocycles. The average Bonchev–Trinajstić information content (AvgIpc) is 3.18. The summed E-state index contributed by atoms with van der Waals surface area (Å²) in [6, 6.07) is 32.5. The minimum atomic E-state index is -0.986. The molecule has 49 heavy (non-hydrogen) atoms. The van der Waals surface area contributed by atoms with Gasteiger partial charge in [-0.25, -0.2) is 0 Å². The zero-order chi connectivity index (χ0) is 36.0. The molecule has 4 aromatic carbocycles. The number of hydrogen-bond acceptors (Lipinski definition) is 4. The van der Waals surface area contributed by atoms with Gasteiger partial charge in [0.15, 0.2) is 5.78 Å². The van der Waals surface area contributed by atoms with E-state index < -0.39 is 11.9 Å². The Hall–Kier alpha value is -4.71. The fraction of sp³-hybridized carbons (Fsp3) is 0.372. The van der Waals surface area contributed by atoms with Crippen molar-refractivity contribution in [2.45, 2.75) is 86.7 Å². The van der Waals surface area contributed by atoms with Gasteiger partial charge in [0.2, 0.25) is 0 Å². The molecule has 5 rings (SSSR count). The predicted molar refractivity (Wildman–Crippen MR) is 201 cm³/mol. The Morgan fingerprint density at radius 3 is 1.84 bits per heavy atom. The van der Waals surface area contributed by atoms with Crippen LogP contribution in [0.15, 0.2) is 103 Å². The normalized spacial score (nSPS) is 12.4. The molecule has 1 N–H and O–H groups in total. The summed E-state index contributed by atoms with van der Waals surface area (Å²) in [5.41, 5.74) is 5.09. The maximum atomic E-state index is 13.0. The second kappa shape index (κ2) is 22.8. The molecule has 262 valence electrons. The molecule has 0 spiro atoms. The molecule has 0 radical (unpaired) electrons. The van der Waals surface area contributed by atoms with E-state index in [9.17, 15) is 19.5 Å². The molecule has 0 saturated carbocycles. The lowest BCUT2D eigenvalue weighted by atomic mass is 9.91. The first-order chi connectivity index (χ1) is 24.0. The summed E-state index contributed by atoms with van der Waals surface area (Å²) in [4.78, 5) is 39.9. The van der Waals surface area contributed by atoms with Crippen LogP contribution in [0.5, 0.6) is 5.75 Å². The number of carbonyl (C=O) groups excluding carboxylic acids is 2. The number of piperidine rings is 1. The van der Waals surface area contributed by atoms with Crippen molar-refractivity contribution in [3.63, 3.8) is 0 Å². The lowest BCUT2D eigenvalue weighted by Crippen LogP contribution is -2.35. The zero-order valence-corrected chi connectivity index (χ0v) is 30.3. The van der Waals surface area contributed by atoms with Crippen LogP contribution in [0.25, 0.3) is 11.1 Å². The number of aryl methyl sites for hydroxylation is 1. The molecular weight excluding hydrogens is 610 g/mol. The van der Waals surface area contributed by atoms with E-state index in [1.807, 2.05) is 137 Å². The number of benzene rings is 4. The molecule has 6 nitrogen and oxygen atoms in total. The Bertz CT molecular complexity index is 1530. The van der Waals surface area contributed by atoms with Gasteiger partial charge in [-0.15, -0.1) is 0 Å². The van der Waals surface area contributed by atoms with Crippen molar-refractivity contribution in [2.24, 2.45) is 5.92 Å². The van der Waals surface area contributed by atoms with Gasteiger partial charge in [0.1, 0.15) is 12.4 Å². The largest absolute Gasteiger partial charge is 0.489 e. The maximum Gasteiger partial charge on any atom is 0.306 e. The van der Waals surface area contributed by atoms with Crippen molar-refractivity contribution in [1.82, 2.24) is 4.90 Å². The molecule has 1 atom stereocenters. The zero-order valence-electron chi connectivity index (χ0n) is 30.3. The fourth-order valence-electron chi connectivity index (χ4n) is 5.47. The number of hydrogen-bond donors (Lipinski definition) is 1. The highest BCUT2D eigenvalue weighted by Gasteiger charge is 2.23. The standard InChI is InChI=1S/C37H37NO5.3C2H6/c39-35(25-33(37(41)42)13-12-27-10-7-11-32(24-27)36(40)38-22-5-2-6-23-38)31-16-14-29(15-17-31)30-18-20-34(21-19-30)43-26-28-8-3-1-4-9-28;3*1-2/h1,3-4,7-11,14-21,24,33H,2,5-6,12-13,22-23,25-26H2,(H,41,42);3*1-2H3. The molecule has 1 aliphatic rings. The van der Waals surface area contributed by atoms with Gasteiger partial charge >= 0.3 is 5.97 Å². The first-order valence-corrected chi connectivity index (χ1v) is 18.0. The summed E-state index contributed by atoms with van der Waals surface area (Å²) in [6.07, 6.45) is 3.94.